The second kappa shape index (κ2) is 4.70. The molecule has 0 spiro atoms. The van der Waals surface area contributed by atoms with Crippen LogP contribution < -0.4 is 5.73 Å². The lowest BCUT2D eigenvalue weighted by Crippen LogP contribution is -2.21. The Hall–Kier alpha value is -0.120. The van der Waals surface area contributed by atoms with Gasteiger partial charge in [-0.3, -0.25) is 0 Å². The van der Waals surface area contributed by atoms with Gasteiger partial charge in [0.2, 0.25) is 0 Å². The van der Waals surface area contributed by atoms with Gasteiger partial charge in [-0.05, 0) is 19.3 Å². The van der Waals surface area contributed by atoms with Crippen LogP contribution in [-0.4, -0.2) is 25.5 Å². The van der Waals surface area contributed by atoms with Gasteiger partial charge in [-0.2, -0.15) is 0 Å². The van der Waals surface area contributed by atoms with Gasteiger partial charge >= 0.3 is 0 Å². The van der Waals surface area contributed by atoms with Gasteiger partial charge < -0.3 is 15.2 Å². The number of hydrogen-bond acceptors (Lipinski definition) is 3. The molecule has 0 bridgehead atoms. The molecule has 1 saturated heterocycles. The predicted molar refractivity (Wildman–Crippen MR) is 43.2 cm³/mol. The van der Waals surface area contributed by atoms with Crippen molar-refractivity contribution < 1.29 is 9.47 Å². The quantitative estimate of drug-likeness (QED) is 0.662. The van der Waals surface area contributed by atoms with Crippen molar-refractivity contribution in [1.82, 2.24) is 0 Å². The summed E-state index contributed by atoms with van der Waals surface area (Å²) in [5, 5.41) is 0. The van der Waals surface area contributed by atoms with Crippen LogP contribution in [0.1, 0.15) is 26.2 Å². The Bertz CT molecular complexity index is 102. The maximum Gasteiger partial charge on any atom is 0.157 e. The van der Waals surface area contributed by atoms with Crippen LogP contribution in [0.5, 0.6) is 0 Å². The molecule has 1 aliphatic heterocycles. The molecule has 1 rings (SSSR count). The second-order valence-electron chi connectivity index (χ2n) is 2.92. The molecule has 1 fully saturated rings. The molecule has 0 unspecified atom stereocenters. The fraction of sp³-hybridized carbons (Fsp3) is 1.00. The van der Waals surface area contributed by atoms with Crippen LogP contribution in [0.4, 0.5) is 0 Å². The highest BCUT2D eigenvalue weighted by Gasteiger charge is 2.15. The number of rotatable bonds is 4. The zero-order valence-corrected chi connectivity index (χ0v) is 7.08. The van der Waals surface area contributed by atoms with E-state index in [9.17, 15) is 0 Å². The molecule has 2 N–H and O–H groups in total. The summed E-state index contributed by atoms with van der Waals surface area (Å²) < 4.78 is 10.5. The molecule has 66 valence electrons. The lowest BCUT2D eigenvalue weighted by Gasteiger charge is -2.11. The topological polar surface area (TPSA) is 44.5 Å². The van der Waals surface area contributed by atoms with Crippen LogP contribution >= 0.6 is 0 Å². The molecular formula is C8H17NO2. The van der Waals surface area contributed by atoms with E-state index in [0.717, 1.165) is 32.5 Å². The average Bonchev–Trinajstić information content (AvgIpc) is 2.52. The summed E-state index contributed by atoms with van der Waals surface area (Å²) in [5.41, 5.74) is 5.74. The van der Waals surface area contributed by atoms with Crippen molar-refractivity contribution in [2.45, 2.75) is 38.5 Å². The van der Waals surface area contributed by atoms with Gasteiger partial charge in [0.15, 0.2) is 6.29 Å². The summed E-state index contributed by atoms with van der Waals surface area (Å²) in [4.78, 5) is 0. The van der Waals surface area contributed by atoms with Gasteiger partial charge in [-0.25, -0.2) is 0 Å². The Balaban J connectivity index is 2.01. The van der Waals surface area contributed by atoms with E-state index in [0.29, 0.717) is 6.04 Å². The lowest BCUT2D eigenvalue weighted by atomic mass is 10.1. The van der Waals surface area contributed by atoms with Crippen LogP contribution in [0.2, 0.25) is 0 Å². The zero-order chi connectivity index (χ0) is 8.10. The molecule has 0 aromatic heterocycles. The van der Waals surface area contributed by atoms with E-state index in [1.807, 2.05) is 0 Å². The highest BCUT2D eigenvalue weighted by atomic mass is 16.7. The zero-order valence-electron chi connectivity index (χ0n) is 7.08. The van der Waals surface area contributed by atoms with Crippen molar-refractivity contribution in [1.29, 1.82) is 0 Å². The van der Waals surface area contributed by atoms with E-state index in [2.05, 4.69) is 6.92 Å². The maximum atomic E-state index is 5.74. The van der Waals surface area contributed by atoms with E-state index >= 15 is 0 Å². The maximum absolute atomic E-state index is 5.74. The van der Waals surface area contributed by atoms with Crippen molar-refractivity contribution in [3.8, 4) is 0 Å². The van der Waals surface area contributed by atoms with Crippen LogP contribution in [0.3, 0.4) is 0 Å². The molecule has 0 aliphatic carbocycles. The summed E-state index contributed by atoms with van der Waals surface area (Å²) >= 11 is 0. The number of nitrogens with two attached hydrogens (primary N) is 1. The molecular weight excluding hydrogens is 142 g/mol. The normalized spacial score (nSPS) is 22.4. The first-order valence-electron chi connectivity index (χ1n) is 4.31. The van der Waals surface area contributed by atoms with Gasteiger partial charge in [0, 0.05) is 6.04 Å². The third-order valence-corrected chi connectivity index (χ3v) is 1.99. The lowest BCUT2D eigenvalue weighted by molar-refractivity contribution is -0.0486. The molecule has 1 atom stereocenters. The minimum absolute atomic E-state index is 0.0209. The Morgan fingerprint density at radius 1 is 1.45 bits per heavy atom. The Morgan fingerprint density at radius 2 is 2.09 bits per heavy atom. The largest absolute Gasteiger partial charge is 0.350 e. The van der Waals surface area contributed by atoms with Crippen LogP contribution in [-0.2, 0) is 9.47 Å². The van der Waals surface area contributed by atoms with Gasteiger partial charge in [0.25, 0.3) is 0 Å². The molecule has 0 saturated carbocycles. The van der Waals surface area contributed by atoms with E-state index in [1.54, 1.807) is 0 Å². The van der Waals surface area contributed by atoms with Gasteiger partial charge in [0.05, 0.1) is 13.2 Å². The molecule has 0 amide bonds. The second-order valence-corrected chi connectivity index (χ2v) is 2.92. The van der Waals surface area contributed by atoms with E-state index < -0.39 is 0 Å². The molecule has 1 aliphatic rings. The third-order valence-electron chi connectivity index (χ3n) is 1.99. The monoisotopic (exact) mass is 159 g/mol. The van der Waals surface area contributed by atoms with Gasteiger partial charge in [0.1, 0.15) is 0 Å². The molecule has 3 heteroatoms. The highest BCUT2D eigenvalue weighted by molar-refractivity contribution is 4.61. The Labute approximate surface area is 67.9 Å². The Kier molecular flexibility index (Phi) is 3.83. The molecule has 3 nitrogen and oxygen atoms in total. The first-order valence-corrected chi connectivity index (χ1v) is 4.31. The molecule has 0 aromatic carbocycles. The molecule has 0 aromatic rings. The molecule has 1 heterocycles. The number of ether oxygens (including phenoxy) is 2. The van der Waals surface area contributed by atoms with Crippen LogP contribution in [0, 0.1) is 0 Å². The van der Waals surface area contributed by atoms with Crippen molar-refractivity contribution in [2.24, 2.45) is 5.73 Å². The smallest absolute Gasteiger partial charge is 0.157 e. The van der Waals surface area contributed by atoms with Crippen LogP contribution in [0.25, 0.3) is 0 Å². The first kappa shape index (κ1) is 8.97. The minimum Gasteiger partial charge on any atom is -0.350 e. The highest BCUT2D eigenvalue weighted by Crippen LogP contribution is 2.11. The minimum atomic E-state index is 0.0209. The number of hydrogen-bond donors (Lipinski definition) is 1. The van der Waals surface area contributed by atoms with Crippen molar-refractivity contribution in [2.75, 3.05) is 13.2 Å². The first-order chi connectivity index (χ1) is 5.33. The SMILES string of the molecule is CC[C@H](N)CCC1OCCO1. The van der Waals surface area contributed by atoms with E-state index in [4.69, 9.17) is 15.2 Å². The van der Waals surface area contributed by atoms with E-state index in [1.165, 1.54) is 0 Å². The van der Waals surface area contributed by atoms with Gasteiger partial charge in [-0.1, -0.05) is 6.92 Å². The third kappa shape index (κ3) is 3.18. The summed E-state index contributed by atoms with van der Waals surface area (Å²) in [6.07, 6.45) is 3.00. The summed E-state index contributed by atoms with van der Waals surface area (Å²) in [5.74, 6) is 0. The Morgan fingerprint density at radius 3 is 2.64 bits per heavy atom. The summed E-state index contributed by atoms with van der Waals surface area (Å²) in [7, 11) is 0. The molecule has 11 heavy (non-hydrogen) atoms. The fourth-order valence-electron chi connectivity index (χ4n) is 1.13. The van der Waals surface area contributed by atoms with Gasteiger partial charge in [-0.15, -0.1) is 0 Å². The summed E-state index contributed by atoms with van der Waals surface area (Å²) in [6.45, 7) is 3.58. The van der Waals surface area contributed by atoms with Crippen molar-refractivity contribution >= 4 is 0 Å². The van der Waals surface area contributed by atoms with E-state index in [-0.39, 0.29) is 6.29 Å². The van der Waals surface area contributed by atoms with Crippen LogP contribution in [0.15, 0.2) is 0 Å². The fourth-order valence-corrected chi connectivity index (χ4v) is 1.13. The molecule has 0 radical (unpaired) electrons. The summed E-state index contributed by atoms with van der Waals surface area (Å²) in [6, 6.07) is 0.308. The van der Waals surface area contributed by atoms with Crippen molar-refractivity contribution in [3.63, 3.8) is 0 Å². The average molecular weight is 159 g/mol. The van der Waals surface area contributed by atoms with Crippen molar-refractivity contribution in [3.05, 3.63) is 0 Å². The predicted octanol–water partition coefficient (Wildman–Crippen LogP) is 0.877. The standard InChI is InChI=1S/C8H17NO2/c1-2-7(9)3-4-8-10-5-6-11-8/h7-8H,2-6,9H2,1H3/t7-/m0/s1.